The normalized spacial score (nSPS) is 17.5. The maximum Gasteiger partial charge on any atom is 0.300 e. The Labute approximate surface area is 193 Å². The number of carbonyl (C=O) groups is 2. The summed E-state index contributed by atoms with van der Waals surface area (Å²) in [5.41, 5.74) is -0.0573. The van der Waals surface area contributed by atoms with Crippen LogP contribution in [0.5, 0.6) is 5.75 Å². The standard InChI is InChI=1S/C25H18ClF2NO4/c1-2-33-20-12-15(8-10-17(20)26)23(30)21-22(14-6-4-3-5-7-14)29(25(32)24(21)31)19-13-16(27)9-11-18(19)28/h3-13,22,30H,2H2,1H3/b23-21+. The Morgan fingerprint density at radius 1 is 1.06 bits per heavy atom. The number of rotatable bonds is 5. The van der Waals surface area contributed by atoms with Crippen molar-refractivity contribution in [3.63, 3.8) is 0 Å². The quantitative estimate of drug-likeness (QED) is 0.298. The SMILES string of the molecule is CCOc1cc(/C(O)=C2\C(=O)C(=O)N(c3cc(F)ccc3F)C2c2ccccc2)ccc1Cl. The summed E-state index contributed by atoms with van der Waals surface area (Å²) in [6, 6.07) is 14.2. The van der Waals surface area contributed by atoms with Gasteiger partial charge >= 0.3 is 0 Å². The van der Waals surface area contributed by atoms with Crippen LogP contribution in [0.3, 0.4) is 0 Å². The van der Waals surface area contributed by atoms with E-state index in [-0.39, 0.29) is 16.9 Å². The molecule has 0 spiro atoms. The average molecular weight is 470 g/mol. The van der Waals surface area contributed by atoms with Crippen molar-refractivity contribution >= 4 is 34.7 Å². The summed E-state index contributed by atoms with van der Waals surface area (Å²) in [4.78, 5) is 27.0. The zero-order valence-electron chi connectivity index (χ0n) is 17.4. The number of carbonyl (C=O) groups excluding carboxylic acids is 2. The minimum atomic E-state index is -1.19. The van der Waals surface area contributed by atoms with Crippen molar-refractivity contribution in [3.8, 4) is 5.75 Å². The van der Waals surface area contributed by atoms with Gasteiger partial charge in [-0.15, -0.1) is 0 Å². The maximum absolute atomic E-state index is 14.7. The highest BCUT2D eigenvalue weighted by Crippen LogP contribution is 2.43. The molecule has 1 fully saturated rings. The Balaban J connectivity index is 1.95. The molecule has 168 valence electrons. The zero-order valence-corrected chi connectivity index (χ0v) is 18.1. The number of anilines is 1. The molecule has 5 nitrogen and oxygen atoms in total. The first-order valence-corrected chi connectivity index (χ1v) is 10.4. The summed E-state index contributed by atoms with van der Waals surface area (Å²) < 4.78 is 34.1. The first-order chi connectivity index (χ1) is 15.8. The fourth-order valence-electron chi connectivity index (χ4n) is 3.77. The number of Topliss-reactive ketones (excluding diaryl/α,β-unsaturated/α-hetero) is 1. The summed E-state index contributed by atoms with van der Waals surface area (Å²) in [6.45, 7) is 2.08. The first kappa shape index (κ1) is 22.5. The van der Waals surface area contributed by atoms with Gasteiger partial charge in [-0.3, -0.25) is 14.5 Å². The van der Waals surface area contributed by atoms with Crippen LogP contribution in [-0.4, -0.2) is 23.4 Å². The predicted molar refractivity (Wildman–Crippen MR) is 120 cm³/mol. The van der Waals surface area contributed by atoms with E-state index in [4.69, 9.17) is 16.3 Å². The van der Waals surface area contributed by atoms with Gasteiger partial charge in [-0.2, -0.15) is 0 Å². The van der Waals surface area contributed by atoms with Gasteiger partial charge in [0.2, 0.25) is 0 Å². The van der Waals surface area contributed by atoms with Gasteiger partial charge in [-0.05, 0) is 42.8 Å². The lowest BCUT2D eigenvalue weighted by Crippen LogP contribution is -2.30. The van der Waals surface area contributed by atoms with Crippen LogP contribution in [0, 0.1) is 11.6 Å². The van der Waals surface area contributed by atoms with Crippen LogP contribution in [0.15, 0.2) is 72.3 Å². The predicted octanol–water partition coefficient (Wildman–Crippen LogP) is 5.64. The van der Waals surface area contributed by atoms with Crippen molar-refractivity contribution < 1.29 is 28.2 Å². The van der Waals surface area contributed by atoms with Crippen LogP contribution in [0.4, 0.5) is 14.5 Å². The van der Waals surface area contributed by atoms with Crippen molar-refractivity contribution in [2.45, 2.75) is 13.0 Å². The molecule has 1 aliphatic heterocycles. The van der Waals surface area contributed by atoms with Crippen molar-refractivity contribution in [2.24, 2.45) is 0 Å². The molecule has 4 rings (SSSR count). The number of benzene rings is 3. The minimum absolute atomic E-state index is 0.182. The highest BCUT2D eigenvalue weighted by Gasteiger charge is 2.47. The molecule has 1 unspecified atom stereocenters. The second-order valence-electron chi connectivity index (χ2n) is 7.25. The summed E-state index contributed by atoms with van der Waals surface area (Å²) in [6.07, 6.45) is 0. The van der Waals surface area contributed by atoms with E-state index in [1.165, 1.54) is 18.2 Å². The molecule has 8 heteroatoms. The van der Waals surface area contributed by atoms with Gasteiger partial charge in [0.05, 0.1) is 28.9 Å². The number of hydrogen-bond donors (Lipinski definition) is 1. The van der Waals surface area contributed by atoms with Crippen LogP contribution in [0.25, 0.3) is 5.76 Å². The van der Waals surface area contributed by atoms with Crippen LogP contribution in [0.2, 0.25) is 5.02 Å². The van der Waals surface area contributed by atoms with Crippen LogP contribution < -0.4 is 9.64 Å². The summed E-state index contributed by atoms with van der Waals surface area (Å²) in [5.74, 6) is -3.99. The molecule has 0 aliphatic carbocycles. The maximum atomic E-state index is 14.7. The van der Waals surface area contributed by atoms with Gasteiger partial charge in [-0.1, -0.05) is 41.9 Å². The van der Waals surface area contributed by atoms with E-state index in [2.05, 4.69) is 0 Å². The lowest BCUT2D eigenvalue weighted by molar-refractivity contribution is -0.132. The lowest BCUT2D eigenvalue weighted by Gasteiger charge is -2.25. The molecule has 3 aromatic carbocycles. The van der Waals surface area contributed by atoms with Crippen molar-refractivity contribution in [1.29, 1.82) is 0 Å². The molecule has 0 saturated carbocycles. The van der Waals surface area contributed by atoms with E-state index in [0.717, 1.165) is 23.1 Å². The van der Waals surface area contributed by atoms with Crippen molar-refractivity contribution in [3.05, 3.63) is 100 Å². The second-order valence-corrected chi connectivity index (χ2v) is 7.66. The topological polar surface area (TPSA) is 66.8 Å². The highest BCUT2D eigenvalue weighted by atomic mass is 35.5. The average Bonchev–Trinajstić information content (AvgIpc) is 3.07. The van der Waals surface area contributed by atoms with Gasteiger partial charge in [0.15, 0.2) is 0 Å². The van der Waals surface area contributed by atoms with Gasteiger partial charge in [-0.25, -0.2) is 8.78 Å². The van der Waals surface area contributed by atoms with Gasteiger partial charge in [0.25, 0.3) is 11.7 Å². The van der Waals surface area contributed by atoms with E-state index >= 15 is 0 Å². The molecular weight excluding hydrogens is 452 g/mol. The molecule has 0 radical (unpaired) electrons. The first-order valence-electron chi connectivity index (χ1n) is 10.1. The van der Waals surface area contributed by atoms with Gasteiger partial charge < -0.3 is 9.84 Å². The number of hydrogen-bond acceptors (Lipinski definition) is 4. The number of halogens is 3. The van der Waals surface area contributed by atoms with Gasteiger partial charge in [0, 0.05) is 11.6 Å². The Morgan fingerprint density at radius 3 is 2.48 bits per heavy atom. The van der Waals surface area contributed by atoms with E-state index in [1.54, 1.807) is 37.3 Å². The van der Waals surface area contributed by atoms with Gasteiger partial charge in [0.1, 0.15) is 23.1 Å². The molecule has 1 N–H and O–H groups in total. The number of ether oxygens (including phenoxy) is 1. The third-order valence-corrected chi connectivity index (χ3v) is 5.54. The Hall–Kier alpha value is -3.71. The number of nitrogens with zero attached hydrogens (tertiary/aromatic N) is 1. The van der Waals surface area contributed by atoms with Crippen LogP contribution in [0.1, 0.15) is 24.1 Å². The van der Waals surface area contributed by atoms with Crippen molar-refractivity contribution in [1.82, 2.24) is 0 Å². The third-order valence-electron chi connectivity index (χ3n) is 5.23. The molecule has 1 aliphatic rings. The highest BCUT2D eigenvalue weighted by molar-refractivity contribution is 6.51. The third kappa shape index (κ3) is 4.07. The zero-order chi connectivity index (χ0) is 23.7. The molecule has 1 amide bonds. The monoisotopic (exact) mass is 469 g/mol. The van der Waals surface area contributed by atoms with Crippen LogP contribution >= 0.6 is 11.6 Å². The molecule has 3 aromatic rings. The lowest BCUT2D eigenvalue weighted by atomic mass is 9.95. The van der Waals surface area contributed by atoms with E-state index in [1.807, 2.05) is 0 Å². The fraction of sp³-hybridized carbons (Fsp3) is 0.120. The molecule has 1 heterocycles. The number of amides is 1. The van der Waals surface area contributed by atoms with Crippen molar-refractivity contribution in [2.75, 3.05) is 11.5 Å². The number of aliphatic hydroxyl groups is 1. The van der Waals surface area contributed by atoms with Crippen LogP contribution in [-0.2, 0) is 9.59 Å². The van der Waals surface area contributed by atoms with E-state index < -0.39 is 40.8 Å². The molecule has 1 saturated heterocycles. The Kier molecular flexibility index (Phi) is 6.16. The smallest absolute Gasteiger partial charge is 0.300 e. The Bertz CT molecular complexity index is 1280. The Morgan fingerprint density at radius 2 is 1.79 bits per heavy atom. The molecule has 1 atom stereocenters. The molecule has 33 heavy (non-hydrogen) atoms. The fourth-order valence-corrected chi connectivity index (χ4v) is 3.95. The summed E-state index contributed by atoms with van der Waals surface area (Å²) in [7, 11) is 0. The second kappa shape index (κ2) is 9.03. The minimum Gasteiger partial charge on any atom is -0.507 e. The molecule has 0 bridgehead atoms. The number of aliphatic hydroxyl groups excluding tert-OH is 1. The van der Waals surface area contributed by atoms with E-state index in [9.17, 15) is 23.5 Å². The summed E-state index contributed by atoms with van der Waals surface area (Å²) >= 11 is 6.12. The van der Waals surface area contributed by atoms with E-state index in [0.29, 0.717) is 17.2 Å². The summed E-state index contributed by atoms with van der Waals surface area (Å²) in [5, 5.41) is 11.4. The number of ketones is 1. The molecule has 0 aromatic heterocycles. The largest absolute Gasteiger partial charge is 0.507 e. The molecular formula is C25H18ClF2NO4.